The van der Waals surface area contributed by atoms with Crippen molar-refractivity contribution in [1.29, 1.82) is 16.1 Å². The van der Waals surface area contributed by atoms with Crippen LogP contribution < -0.4 is 9.62 Å². The zero-order valence-electron chi connectivity index (χ0n) is 18.5. The first kappa shape index (κ1) is 24.9. The molecule has 34 heavy (non-hydrogen) atoms. The van der Waals surface area contributed by atoms with Gasteiger partial charge in [0.15, 0.2) is 5.65 Å². The number of aromatic nitrogens is 2. The van der Waals surface area contributed by atoms with Gasteiger partial charge in [-0.2, -0.15) is 5.26 Å². The summed E-state index contributed by atoms with van der Waals surface area (Å²) in [5.74, 6) is 1.62. The summed E-state index contributed by atoms with van der Waals surface area (Å²) in [6, 6.07) is 4.58. The molecule has 4 N–H and O–H groups in total. The predicted octanol–water partition coefficient (Wildman–Crippen LogP) is 4.01. The number of hydrogen-bond donors (Lipinski definition) is 4. The van der Waals surface area contributed by atoms with Crippen molar-refractivity contribution in [2.24, 2.45) is 17.8 Å². The van der Waals surface area contributed by atoms with Gasteiger partial charge in [0.2, 0.25) is 0 Å². The normalized spacial score (nSPS) is 24.4. The van der Waals surface area contributed by atoms with Gasteiger partial charge >= 0.3 is 0 Å². The van der Waals surface area contributed by atoms with Gasteiger partial charge in [-0.05, 0) is 61.5 Å². The first-order valence-electron chi connectivity index (χ1n) is 11.1. The SMILES string of the molecule is N#CC1(NSc2cc(N3CC4CCC(C3)C4CO)c3nccn3c2)CC1.N=CSC(=N)C(F)F. The van der Waals surface area contributed by atoms with Crippen molar-refractivity contribution in [3.8, 4) is 6.07 Å². The molecule has 1 saturated heterocycles. The highest BCUT2D eigenvalue weighted by atomic mass is 32.2. The molecule has 3 aliphatic rings. The van der Waals surface area contributed by atoms with Crippen molar-refractivity contribution in [2.75, 3.05) is 24.6 Å². The van der Waals surface area contributed by atoms with E-state index in [-0.39, 0.29) is 5.54 Å². The molecule has 0 spiro atoms. The maximum Gasteiger partial charge on any atom is 0.285 e. The van der Waals surface area contributed by atoms with Crippen LogP contribution >= 0.6 is 23.7 Å². The summed E-state index contributed by atoms with van der Waals surface area (Å²) in [5.41, 5.74) is 2.51. The Morgan fingerprint density at radius 3 is 2.62 bits per heavy atom. The third-order valence-electron chi connectivity index (χ3n) is 6.74. The molecule has 0 amide bonds. The number of anilines is 1. The molecule has 8 nitrogen and oxygen atoms in total. The molecule has 5 rings (SSSR count). The van der Waals surface area contributed by atoms with E-state index in [1.54, 1.807) is 11.9 Å². The molecule has 2 unspecified atom stereocenters. The van der Waals surface area contributed by atoms with Gasteiger partial charge in [-0.25, -0.2) is 18.5 Å². The molecule has 2 aromatic heterocycles. The van der Waals surface area contributed by atoms with Gasteiger partial charge in [-0.1, -0.05) is 11.8 Å². The first-order chi connectivity index (χ1) is 16.4. The second-order valence-corrected chi connectivity index (χ2v) is 10.7. The van der Waals surface area contributed by atoms with Gasteiger partial charge in [0.1, 0.15) is 10.6 Å². The van der Waals surface area contributed by atoms with E-state index in [1.165, 1.54) is 12.8 Å². The Bertz CT molecular complexity index is 1070. The van der Waals surface area contributed by atoms with Crippen LogP contribution in [0.3, 0.4) is 0 Å². The highest BCUT2D eigenvalue weighted by molar-refractivity contribution is 8.24. The fraction of sp³-hybridized carbons (Fsp3) is 0.545. The van der Waals surface area contributed by atoms with Gasteiger partial charge in [0.05, 0.1) is 17.3 Å². The quantitative estimate of drug-likeness (QED) is 0.254. The molecule has 2 bridgehead atoms. The second-order valence-electron chi connectivity index (χ2n) is 8.87. The maximum atomic E-state index is 11.3. The first-order valence-corrected chi connectivity index (χ1v) is 12.8. The molecule has 0 aromatic carbocycles. The summed E-state index contributed by atoms with van der Waals surface area (Å²) in [5, 5.41) is 30.9. The number of nitrogens with zero attached hydrogens (tertiary/aromatic N) is 4. The van der Waals surface area contributed by atoms with Gasteiger partial charge in [-0.3, -0.25) is 5.41 Å². The van der Waals surface area contributed by atoms with Gasteiger partial charge in [0.25, 0.3) is 6.43 Å². The molecular formula is C22H27F2N7OS2. The average molecular weight is 508 g/mol. The highest BCUT2D eigenvalue weighted by Crippen LogP contribution is 2.44. The number of piperidine rings is 1. The van der Waals surface area contributed by atoms with E-state index in [0.717, 1.165) is 42.2 Å². The summed E-state index contributed by atoms with van der Waals surface area (Å²) >= 11 is 1.96. The standard InChI is InChI=1S/C19H23N5OS.C3H4F2N2S/c20-12-19(3-4-19)22-26-15-7-17(18-21-5-6-23(18)10-15)24-8-13-1-2-14(9-24)16(13)11-25;4-2(5)3(7)8-1-6/h5-7,10,13-14,16,22,25H,1-4,8-9,11H2;1-2,6-7H. The topological polar surface area (TPSA) is 124 Å². The minimum Gasteiger partial charge on any atom is -0.396 e. The van der Waals surface area contributed by atoms with Crippen LogP contribution in [0.2, 0.25) is 0 Å². The van der Waals surface area contributed by atoms with Crippen molar-refractivity contribution in [3.63, 3.8) is 0 Å². The summed E-state index contributed by atoms with van der Waals surface area (Å²) in [6.07, 6.45) is 7.45. The summed E-state index contributed by atoms with van der Waals surface area (Å²) in [4.78, 5) is 8.13. The van der Waals surface area contributed by atoms with Crippen LogP contribution in [0, 0.1) is 39.9 Å². The van der Waals surface area contributed by atoms with Gasteiger partial charge in [-0.15, -0.1) is 0 Å². The largest absolute Gasteiger partial charge is 0.396 e. The lowest BCUT2D eigenvalue weighted by molar-refractivity contribution is 0.147. The Kier molecular flexibility index (Phi) is 7.77. The minimum atomic E-state index is -2.73. The number of pyridine rings is 1. The Morgan fingerprint density at radius 1 is 1.38 bits per heavy atom. The second kappa shape index (κ2) is 10.6. The van der Waals surface area contributed by atoms with Crippen LogP contribution in [-0.2, 0) is 0 Å². The molecule has 2 atom stereocenters. The molecule has 2 aliphatic carbocycles. The van der Waals surface area contributed by atoms with E-state index in [9.17, 15) is 19.1 Å². The van der Waals surface area contributed by atoms with Crippen molar-refractivity contribution in [2.45, 2.75) is 42.5 Å². The number of nitrogens with one attached hydrogen (secondary N) is 3. The molecule has 0 radical (unpaired) electrons. The lowest BCUT2D eigenvalue weighted by Gasteiger charge is -2.38. The molecular weight excluding hydrogens is 480 g/mol. The van der Waals surface area contributed by atoms with E-state index in [1.807, 2.05) is 12.4 Å². The van der Waals surface area contributed by atoms with E-state index >= 15 is 0 Å². The Labute approximate surface area is 205 Å². The van der Waals surface area contributed by atoms with E-state index in [0.29, 0.717) is 41.7 Å². The van der Waals surface area contributed by atoms with Crippen molar-refractivity contribution < 1.29 is 13.9 Å². The summed E-state index contributed by atoms with van der Waals surface area (Å²) in [7, 11) is 0. The van der Waals surface area contributed by atoms with E-state index < -0.39 is 11.5 Å². The van der Waals surface area contributed by atoms with Crippen LogP contribution in [-0.4, -0.2) is 56.7 Å². The number of aliphatic hydroxyl groups is 1. The van der Waals surface area contributed by atoms with Gasteiger partial charge < -0.3 is 19.8 Å². The highest BCUT2D eigenvalue weighted by Gasteiger charge is 2.44. The average Bonchev–Trinajstić information content (AvgIpc) is 3.39. The van der Waals surface area contributed by atoms with E-state index in [2.05, 4.69) is 37.3 Å². The number of nitriles is 1. The number of imidazole rings is 1. The van der Waals surface area contributed by atoms with Crippen LogP contribution in [0.5, 0.6) is 0 Å². The molecule has 3 fully saturated rings. The molecule has 12 heteroatoms. The van der Waals surface area contributed by atoms with Crippen molar-refractivity contribution in [3.05, 3.63) is 24.7 Å². The number of alkyl halides is 2. The number of halogens is 2. The Morgan fingerprint density at radius 2 is 2.09 bits per heavy atom. The van der Waals surface area contributed by atoms with Crippen LogP contribution in [0.15, 0.2) is 29.6 Å². The zero-order valence-corrected chi connectivity index (χ0v) is 20.1. The zero-order chi connectivity index (χ0) is 24.3. The number of fused-ring (bicyclic) bond motifs is 3. The molecule has 3 heterocycles. The Hall–Kier alpha value is -2.20. The fourth-order valence-electron chi connectivity index (χ4n) is 4.74. The van der Waals surface area contributed by atoms with Crippen LogP contribution in [0.1, 0.15) is 25.7 Å². The van der Waals surface area contributed by atoms with E-state index in [4.69, 9.17) is 10.8 Å². The fourth-order valence-corrected chi connectivity index (χ4v) is 5.87. The molecule has 182 valence electrons. The summed E-state index contributed by atoms with van der Waals surface area (Å²) in [6.45, 7) is 2.31. The van der Waals surface area contributed by atoms with Gasteiger partial charge in [0, 0.05) is 43.2 Å². The monoisotopic (exact) mass is 507 g/mol. The number of aliphatic hydroxyl groups excluding tert-OH is 1. The Balaban J connectivity index is 0.000000297. The summed E-state index contributed by atoms with van der Waals surface area (Å²) < 4.78 is 27.9. The smallest absolute Gasteiger partial charge is 0.285 e. The predicted molar refractivity (Wildman–Crippen MR) is 131 cm³/mol. The van der Waals surface area contributed by atoms with Crippen molar-refractivity contribution in [1.82, 2.24) is 14.1 Å². The maximum absolute atomic E-state index is 11.3. The number of hydrogen-bond acceptors (Lipinski definition) is 9. The van der Waals surface area contributed by atoms with Crippen molar-refractivity contribution >= 4 is 45.6 Å². The molecule has 2 aromatic rings. The molecule has 1 aliphatic heterocycles. The number of thioether (sulfide) groups is 1. The third kappa shape index (κ3) is 5.38. The lowest BCUT2D eigenvalue weighted by Crippen LogP contribution is -2.43. The molecule has 2 saturated carbocycles. The van der Waals surface area contributed by atoms with Crippen LogP contribution in [0.25, 0.3) is 5.65 Å². The third-order valence-corrected chi connectivity index (χ3v) is 8.24. The van der Waals surface area contributed by atoms with Crippen LogP contribution in [0.4, 0.5) is 14.5 Å². The minimum absolute atomic E-state index is 0.317. The number of rotatable bonds is 7. The lowest BCUT2D eigenvalue weighted by atomic mass is 9.85.